The molecule has 0 saturated carbocycles. The molecule has 0 radical (unpaired) electrons. The van der Waals surface area contributed by atoms with Gasteiger partial charge in [-0.1, -0.05) is 29.3 Å². The van der Waals surface area contributed by atoms with Crippen LogP contribution in [0.4, 0.5) is 4.39 Å². The van der Waals surface area contributed by atoms with Crippen LogP contribution in [0.5, 0.6) is 0 Å². The van der Waals surface area contributed by atoms with Gasteiger partial charge < -0.3 is 5.11 Å². The SMILES string of the molecule is Cc1cc(F)cc(C)c1C(O)Cc1ccc(Cl)c(Cl)c1. The summed E-state index contributed by atoms with van der Waals surface area (Å²) < 4.78 is 13.3. The van der Waals surface area contributed by atoms with Gasteiger partial charge >= 0.3 is 0 Å². The Morgan fingerprint density at radius 1 is 1.05 bits per heavy atom. The molecule has 1 unspecified atom stereocenters. The summed E-state index contributed by atoms with van der Waals surface area (Å²) in [6.07, 6.45) is -0.294. The molecule has 0 aromatic heterocycles. The van der Waals surface area contributed by atoms with Crippen molar-refractivity contribution in [1.82, 2.24) is 0 Å². The molecule has 0 amide bonds. The lowest BCUT2D eigenvalue weighted by Crippen LogP contribution is -2.07. The highest BCUT2D eigenvalue weighted by molar-refractivity contribution is 6.42. The van der Waals surface area contributed by atoms with E-state index in [1.807, 2.05) is 6.07 Å². The Bertz CT molecular complexity index is 617. The molecule has 0 aliphatic rings. The van der Waals surface area contributed by atoms with Crippen molar-refractivity contribution in [3.63, 3.8) is 0 Å². The number of halogens is 3. The van der Waals surface area contributed by atoms with Crippen molar-refractivity contribution in [2.75, 3.05) is 0 Å². The van der Waals surface area contributed by atoms with Crippen LogP contribution in [0.25, 0.3) is 0 Å². The average molecular weight is 313 g/mol. The number of rotatable bonds is 3. The molecule has 2 aromatic rings. The summed E-state index contributed by atoms with van der Waals surface area (Å²) in [6.45, 7) is 3.59. The van der Waals surface area contributed by atoms with Crippen molar-refractivity contribution >= 4 is 23.2 Å². The van der Waals surface area contributed by atoms with Crippen LogP contribution in [-0.4, -0.2) is 5.11 Å². The molecule has 1 atom stereocenters. The maximum atomic E-state index is 13.3. The van der Waals surface area contributed by atoms with Crippen LogP contribution in [0.1, 0.15) is 28.4 Å². The minimum atomic E-state index is -0.701. The minimum Gasteiger partial charge on any atom is -0.388 e. The van der Waals surface area contributed by atoms with E-state index in [9.17, 15) is 9.50 Å². The molecule has 106 valence electrons. The van der Waals surface area contributed by atoms with Gasteiger partial charge in [-0.05, 0) is 60.4 Å². The van der Waals surface area contributed by atoms with Crippen LogP contribution in [0.2, 0.25) is 10.0 Å². The highest BCUT2D eigenvalue weighted by Crippen LogP contribution is 2.28. The average Bonchev–Trinajstić information content (AvgIpc) is 2.32. The lowest BCUT2D eigenvalue weighted by Gasteiger charge is -2.17. The minimum absolute atomic E-state index is 0.287. The van der Waals surface area contributed by atoms with E-state index < -0.39 is 6.10 Å². The van der Waals surface area contributed by atoms with Gasteiger partial charge in [0.1, 0.15) is 5.82 Å². The summed E-state index contributed by atoms with van der Waals surface area (Å²) >= 11 is 11.8. The van der Waals surface area contributed by atoms with Crippen molar-refractivity contribution in [1.29, 1.82) is 0 Å². The molecular weight excluding hydrogens is 298 g/mol. The largest absolute Gasteiger partial charge is 0.388 e. The molecule has 1 nitrogen and oxygen atoms in total. The van der Waals surface area contributed by atoms with Crippen molar-refractivity contribution < 1.29 is 9.50 Å². The molecule has 0 bridgehead atoms. The standard InChI is InChI=1S/C16H15Cl2FO/c1-9-5-12(19)6-10(2)16(9)15(20)8-11-3-4-13(17)14(18)7-11/h3-7,15,20H,8H2,1-2H3. The number of hydrogen-bond donors (Lipinski definition) is 1. The zero-order chi connectivity index (χ0) is 14.9. The Morgan fingerprint density at radius 2 is 1.65 bits per heavy atom. The van der Waals surface area contributed by atoms with Crippen LogP contribution >= 0.6 is 23.2 Å². The second kappa shape index (κ2) is 6.13. The van der Waals surface area contributed by atoms with Gasteiger partial charge in [-0.2, -0.15) is 0 Å². The van der Waals surface area contributed by atoms with Gasteiger partial charge in [-0.25, -0.2) is 4.39 Å². The maximum Gasteiger partial charge on any atom is 0.123 e. The second-order valence-electron chi connectivity index (χ2n) is 4.92. The topological polar surface area (TPSA) is 20.2 Å². The van der Waals surface area contributed by atoms with E-state index in [1.54, 1.807) is 26.0 Å². The summed E-state index contributed by atoms with van der Waals surface area (Å²) in [5, 5.41) is 11.3. The van der Waals surface area contributed by atoms with E-state index >= 15 is 0 Å². The van der Waals surface area contributed by atoms with Gasteiger partial charge in [0.05, 0.1) is 16.1 Å². The molecule has 0 spiro atoms. The zero-order valence-corrected chi connectivity index (χ0v) is 12.8. The summed E-state index contributed by atoms with van der Waals surface area (Å²) in [6, 6.07) is 8.13. The molecule has 4 heteroatoms. The lowest BCUT2D eigenvalue weighted by molar-refractivity contribution is 0.177. The van der Waals surface area contributed by atoms with E-state index in [1.165, 1.54) is 12.1 Å². The van der Waals surface area contributed by atoms with Gasteiger partial charge in [-0.15, -0.1) is 0 Å². The highest BCUT2D eigenvalue weighted by Gasteiger charge is 2.15. The summed E-state index contributed by atoms with van der Waals surface area (Å²) in [7, 11) is 0. The number of aliphatic hydroxyl groups excluding tert-OH is 1. The quantitative estimate of drug-likeness (QED) is 0.843. The molecule has 0 saturated heterocycles. The first kappa shape index (κ1) is 15.3. The van der Waals surface area contributed by atoms with Crippen LogP contribution in [0, 0.1) is 19.7 Å². The van der Waals surface area contributed by atoms with Crippen LogP contribution in [-0.2, 0) is 6.42 Å². The Kier molecular flexibility index (Phi) is 4.69. The van der Waals surface area contributed by atoms with Gasteiger partial charge in [-0.3, -0.25) is 0 Å². The van der Waals surface area contributed by atoms with E-state index in [0.29, 0.717) is 16.5 Å². The fraction of sp³-hybridized carbons (Fsp3) is 0.250. The first-order valence-electron chi connectivity index (χ1n) is 6.27. The highest BCUT2D eigenvalue weighted by atomic mass is 35.5. The van der Waals surface area contributed by atoms with Crippen LogP contribution < -0.4 is 0 Å². The van der Waals surface area contributed by atoms with Gasteiger partial charge in [0.15, 0.2) is 0 Å². The molecule has 0 heterocycles. The van der Waals surface area contributed by atoms with Crippen molar-refractivity contribution in [3.05, 3.63) is 68.4 Å². The summed E-state index contributed by atoms with van der Waals surface area (Å²) in [5.74, 6) is -0.287. The fourth-order valence-electron chi connectivity index (χ4n) is 2.44. The predicted octanol–water partition coefficient (Wildman–Crippen LogP) is 5.03. The van der Waals surface area contributed by atoms with Crippen molar-refractivity contribution in [2.45, 2.75) is 26.4 Å². The number of aliphatic hydroxyl groups is 1. The Balaban J connectivity index is 2.28. The Hall–Kier alpha value is -1.09. The second-order valence-corrected chi connectivity index (χ2v) is 5.74. The van der Waals surface area contributed by atoms with Crippen LogP contribution in [0.15, 0.2) is 30.3 Å². The smallest absolute Gasteiger partial charge is 0.123 e. The van der Waals surface area contributed by atoms with E-state index in [-0.39, 0.29) is 5.82 Å². The van der Waals surface area contributed by atoms with Crippen molar-refractivity contribution in [2.24, 2.45) is 0 Å². The van der Waals surface area contributed by atoms with Gasteiger partial charge in [0.2, 0.25) is 0 Å². The van der Waals surface area contributed by atoms with Gasteiger partial charge in [0, 0.05) is 6.42 Å². The lowest BCUT2D eigenvalue weighted by atomic mass is 9.93. The predicted molar refractivity (Wildman–Crippen MR) is 81.0 cm³/mol. The molecule has 0 aliphatic heterocycles. The summed E-state index contributed by atoms with van der Waals surface area (Å²) in [5.41, 5.74) is 3.14. The van der Waals surface area contributed by atoms with Crippen molar-refractivity contribution in [3.8, 4) is 0 Å². The fourth-order valence-corrected chi connectivity index (χ4v) is 2.76. The van der Waals surface area contributed by atoms with E-state index in [4.69, 9.17) is 23.2 Å². The number of benzene rings is 2. The normalized spacial score (nSPS) is 12.5. The summed E-state index contributed by atoms with van der Waals surface area (Å²) in [4.78, 5) is 0. The molecular formula is C16H15Cl2FO. The first-order valence-corrected chi connectivity index (χ1v) is 7.02. The zero-order valence-electron chi connectivity index (χ0n) is 11.3. The third-order valence-electron chi connectivity index (χ3n) is 3.30. The third kappa shape index (κ3) is 3.32. The number of hydrogen-bond acceptors (Lipinski definition) is 1. The molecule has 2 aromatic carbocycles. The van der Waals surface area contributed by atoms with Gasteiger partial charge in [0.25, 0.3) is 0 Å². The van der Waals surface area contributed by atoms with Crippen LogP contribution in [0.3, 0.4) is 0 Å². The monoisotopic (exact) mass is 312 g/mol. The van der Waals surface area contributed by atoms with E-state index in [2.05, 4.69) is 0 Å². The van der Waals surface area contributed by atoms with E-state index in [0.717, 1.165) is 22.3 Å². The maximum absolute atomic E-state index is 13.3. The molecule has 0 aliphatic carbocycles. The number of aryl methyl sites for hydroxylation is 2. The molecule has 1 N–H and O–H groups in total. The molecule has 20 heavy (non-hydrogen) atoms. The third-order valence-corrected chi connectivity index (χ3v) is 4.04. The Labute approximate surface area is 128 Å². The molecule has 0 fully saturated rings. The first-order chi connectivity index (χ1) is 9.38. The molecule has 2 rings (SSSR count). The Morgan fingerprint density at radius 3 is 2.20 bits per heavy atom.